The average Bonchev–Trinajstić information content (AvgIpc) is 3.42. The minimum atomic E-state index is -0.931. The summed E-state index contributed by atoms with van der Waals surface area (Å²) in [5.74, 6) is -1.82. The Morgan fingerprint density at radius 3 is 2.30 bits per heavy atom. The van der Waals surface area contributed by atoms with Gasteiger partial charge < -0.3 is 10.2 Å². The number of nitrogens with one attached hydrogen (secondary N) is 1. The predicted molar refractivity (Wildman–Crippen MR) is 110 cm³/mol. The zero-order valence-corrected chi connectivity index (χ0v) is 17.0. The number of piperidine rings is 1. The van der Waals surface area contributed by atoms with Crippen LogP contribution in [0.5, 0.6) is 0 Å². The molecule has 5 atom stereocenters. The average molecular weight is 411 g/mol. The Bertz CT molecular complexity index is 910. The molecule has 2 aliphatic heterocycles. The van der Waals surface area contributed by atoms with E-state index >= 15 is 0 Å². The van der Waals surface area contributed by atoms with Crippen LogP contribution in [0, 0.1) is 29.5 Å². The fraction of sp³-hybridized carbons (Fsp3) is 0.522. The molecule has 6 nitrogen and oxygen atoms in total. The first-order valence-electron chi connectivity index (χ1n) is 10.9. The third-order valence-electron chi connectivity index (χ3n) is 7.18. The van der Waals surface area contributed by atoms with E-state index in [0.717, 1.165) is 43.7 Å². The van der Waals surface area contributed by atoms with Gasteiger partial charge in [0.05, 0.1) is 17.5 Å². The number of rotatable bonds is 4. The highest BCUT2D eigenvalue weighted by Gasteiger charge is 2.60. The molecule has 2 aliphatic carbocycles. The number of halogens is 1. The van der Waals surface area contributed by atoms with Crippen LogP contribution in [0.3, 0.4) is 0 Å². The van der Waals surface area contributed by atoms with Crippen LogP contribution in [-0.2, 0) is 14.4 Å². The summed E-state index contributed by atoms with van der Waals surface area (Å²) >= 11 is 0. The normalized spacial score (nSPS) is 30.7. The predicted octanol–water partition coefficient (Wildman–Crippen LogP) is 2.95. The summed E-state index contributed by atoms with van der Waals surface area (Å²) in [6, 6.07) is 3.73. The number of anilines is 2. The molecule has 3 amide bonds. The highest BCUT2D eigenvalue weighted by atomic mass is 19.1. The number of amides is 3. The molecule has 30 heavy (non-hydrogen) atoms. The topological polar surface area (TPSA) is 69.7 Å². The Balaban J connectivity index is 1.28. The van der Waals surface area contributed by atoms with Gasteiger partial charge in [0.1, 0.15) is 11.9 Å². The van der Waals surface area contributed by atoms with Crippen LogP contribution < -0.4 is 10.2 Å². The van der Waals surface area contributed by atoms with Crippen LogP contribution in [0.25, 0.3) is 0 Å². The summed E-state index contributed by atoms with van der Waals surface area (Å²) in [6.45, 7) is 3.22. The summed E-state index contributed by atoms with van der Waals surface area (Å²) in [6.07, 6.45) is 8.16. The van der Waals surface area contributed by atoms with Crippen molar-refractivity contribution in [2.45, 2.75) is 38.6 Å². The lowest BCUT2D eigenvalue weighted by atomic mass is 9.85. The first-order chi connectivity index (χ1) is 14.5. The molecule has 2 heterocycles. The molecule has 0 spiro atoms. The van der Waals surface area contributed by atoms with E-state index in [4.69, 9.17) is 0 Å². The standard InChI is InChI=1S/C23H26FN3O3/c1-13(27-22(29)19-14-5-6-15(11-14)20(19)23(27)30)21(28)25-16-7-8-18(17(24)12-16)26-9-3-2-4-10-26/h5-8,12-15,19-20H,2-4,9-11H2,1H3,(H,25,28)/t13-,14+,15+,19+,20+/m1/s1. The number of carbonyl (C=O) groups is 3. The van der Waals surface area contributed by atoms with Gasteiger partial charge in [0, 0.05) is 18.8 Å². The first-order valence-corrected chi connectivity index (χ1v) is 10.9. The summed E-state index contributed by atoms with van der Waals surface area (Å²) in [4.78, 5) is 41.7. The number of fused-ring (bicyclic) bond motifs is 5. The maximum absolute atomic E-state index is 14.6. The first kappa shape index (κ1) is 19.3. The minimum Gasteiger partial charge on any atom is -0.369 e. The van der Waals surface area contributed by atoms with Crippen molar-refractivity contribution in [2.24, 2.45) is 23.7 Å². The largest absolute Gasteiger partial charge is 0.369 e. The maximum Gasteiger partial charge on any atom is 0.247 e. The van der Waals surface area contributed by atoms with E-state index < -0.39 is 11.9 Å². The molecule has 2 saturated heterocycles. The molecule has 1 N–H and O–H groups in total. The van der Waals surface area contributed by atoms with E-state index in [0.29, 0.717) is 11.4 Å². The van der Waals surface area contributed by atoms with Gasteiger partial charge in [-0.1, -0.05) is 12.2 Å². The Kier molecular flexibility index (Phi) is 4.64. The SMILES string of the molecule is C[C@H](C(=O)Nc1ccc(N2CCCCC2)c(F)c1)N1C(=O)[C@@H]2[C@@H](C1=O)[C@H]1C=C[C@H]2C1. The summed E-state index contributed by atoms with van der Waals surface area (Å²) in [5, 5.41) is 2.68. The molecule has 1 aromatic carbocycles. The number of imide groups is 1. The highest BCUT2D eigenvalue weighted by Crippen LogP contribution is 2.52. The molecule has 4 aliphatic rings. The van der Waals surface area contributed by atoms with Gasteiger partial charge in [-0.05, 0) is 62.6 Å². The molecule has 5 rings (SSSR count). The van der Waals surface area contributed by atoms with Gasteiger partial charge in [-0.3, -0.25) is 19.3 Å². The Hall–Kier alpha value is -2.70. The zero-order valence-electron chi connectivity index (χ0n) is 17.0. The number of hydrogen-bond acceptors (Lipinski definition) is 4. The van der Waals surface area contributed by atoms with Crippen molar-refractivity contribution in [3.05, 3.63) is 36.2 Å². The monoisotopic (exact) mass is 411 g/mol. The molecule has 1 saturated carbocycles. The van der Waals surface area contributed by atoms with Crippen molar-refractivity contribution in [3.8, 4) is 0 Å². The van der Waals surface area contributed by atoms with Crippen LogP contribution in [0.4, 0.5) is 15.8 Å². The van der Waals surface area contributed by atoms with Crippen molar-refractivity contribution < 1.29 is 18.8 Å². The van der Waals surface area contributed by atoms with Crippen molar-refractivity contribution in [1.29, 1.82) is 0 Å². The zero-order chi connectivity index (χ0) is 21.0. The third-order valence-corrected chi connectivity index (χ3v) is 7.18. The van der Waals surface area contributed by atoms with E-state index in [9.17, 15) is 18.8 Å². The van der Waals surface area contributed by atoms with Gasteiger partial charge in [0.2, 0.25) is 17.7 Å². The molecule has 3 fully saturated rings. The number of benzene rings is 1. The molecule has 158 valence electrons. The second-order valence-electron chi connectivity index (χ2n) is 8.93. The summed E-state index contributed by atoms with van der Waals surface area (Å²) in [5.41, 5.74) is 0.868. The summed E-state index contributed by atoms with van der Waals surface area (Å²) in [7, 11) is 0. The Morgan fingerprint density at radius 2 is 1.70 bits per heavy atom. The van der Waals surface area contributed by atoms with Gasteiger partial charge in [-0.15, -0.1) is 0 Å². The number of likely N-dealkylation sites (tertiary alicyclic amines) is 1. The minimum absolute atomic E-state index is 0.105. The molecule has 0 aromatic heterocycles. The van der Waals surface area contributed by atoms with Crippen molar-refractivity contribution in [3.63, 3.8) is 0 Å². The molecule has 1 aromatic rings. The van der Waals surface area contributed by atoms with E-state index in [2.05, 4.69) is 5.32 Å². The van der Waals surface area contributed by atoms with Crippen LogP contribution in [0.15, 0.2) is 30.4 Å². The van der Waals surface area contributed by atoms with Gasteiger partial charge in [0.15, 0.2) is 0 Å². The lowest BCUT2D eigenvalue weighted by molar-refractivity contribution is -0.146. The molecule has 7 heteroatoms. The van der Waals surface area contributed by atoms with Crippen LogP contribution >= 0.6 is 0 Å². The van der Waals surface area contributed by atoms with Crippen molar-refractivity contribution in [1.82, 2.24) is 4.90 Å². The fourth-order valence-electron chi connectivity index (χ4n) is 5.65. The second-order valence-corrected chi connectivity index (χ2v) is 8.93. The molecule has 2 bridgehead atoms. The van der Waals surface area contributed by atoms with Gasteiger partial charge in [-0.25, -0.2) is 4.39 Å². The smallest absolute Gasteiger partial charge is 0.247 e. The highest BCUT2D eigenvalue weighted by molar-refractivity contribution is 6.10. The number of hydrogen-bond donors (Lipinski definition) is 1. The lowest BCUT2D eigenvalue weighted by Crippen LogP contribution is -2.46. The Labute approximate surface area is 175 Å². The van der Waals surface area contributed by atoms with Crippen molar-refractivity contribution >= 4 is 29.1 Å². The quantitative estimate of drug-likeness (QED) is 0.611. The number of carbonyl (C=O) groups excluding carboxylic acids is 3. The van der Waals surface area contributed by atoms with Crippen LogP contribution in [0.2, 0.25) is 0 Å². The molecular formula is C23H26FN3O3. The van der Waals surface area contributed by atoms with Crippen LogP contribution in [-0.4, -0.2) is 41.8 Å². The Morgan fingerprint density at radius 1 is 1.07 bits per heavy atom. The van der Waals surface area contributed by atoms with Gasteiger partial charge in [-0.2, -0.15) is 0 Å². The fourth-order valence-corrected chi connectivity index (χ4v) is 5.65. The van der Waals surface area contributed by atoms with Gasteiger partial charge >= 0.3 is 0 Å². The van der Waals surface area contributed by atoms with E-state index in [1.807, 2.05) is 17.1 Å². The lowest BCUT2D eigenvalue weighted by Gasteiger charge is -2.29. The second kappa shape index (κ2) is 7.22. The maximum atomic E-state index is 14.6. The molecular weight excluding hydrogens is 385 g/mol. The van der Waals surface area contributed by atoms with Crippen molar-refractivity contribution in [2.75, 3.05) is 23.3 Å². The van der Waals surface area contributed by atoms with E-state index in [-0.39, 0.29) is 41.3 Å². The van der Waals surface area contributed by atoms with Gasteiger partial charge in [0.25, 0.3) is 0 Å². The molecule has 0 unspecified atom stereocenters. The number of allylic oxidation sites excluding steroid dienone is 2. The van der Waals surface area contributed by atoms with E-state index in [1.165, 1.54) is 6.07 Å². The molecule has 0 radical (unpaired) electrons. The van der Waals surface area contributed by atoms with E-state index in [1.54, 1.807) is 19.1 Å². The summed E-state index contributed by atoms with van der Waals surface area (Å²) < 4.78 is 14.6. The van der Waals surface area contributed by atoms with Crippen LogP contribution in [0.1, 0.15) is 32.6 Å². The number of nitrogens with zero attached hydrogens (tertiary/aromatic N) is 2. The third kappa shape index (κ3) is 2.94.